The highest BCUT2D eigenvalue weighted by Gasteiger charge is 2.72. The molecule has 0 radical (unpaired) electrons. The van der Waals surface area contributed by atoms with E-state index in [1.54, 1.807) is 7.11 Å². The van der Waals surface area contributed by atoms with Crippen molar-refractivity contribution in [1.29, 1.82) is 0 Å². The topological polar surface area (TPSA) is 99.1 Å². The van der Waals surface area contributed by atoms with Crippen molar-refractivity contribution in [1.82, 2.24) is 4.90 Å². The second-order valence-corrected chi connectivity index (χ2v) is 11.9. The van der Waals surface area contributed by atoms with E-state index in [1.807, 2.05) is 6.07 Å². The van der Waals surface area contributed by atoms with Crippen LogP contribution in [0.1, 0.15) is 49.7 Å². The molecule has 1 spiro atoms. The molecule has 1 aromatic carbocycles. The van der Waals surface area contributed by atoms with Crippen molar-refractivity contribution in [3.8, 4) is 11.5 Å². The van der Waals surface area contributed by atoms with Crippen LogP contribution in [0.5, 0.6) is 11.5 Å². The lowest BCUT2D eigenvalue weighted by Crippen LogP contribution is -2.77. The standard InChI is InChI=1S/C30H45NO8/c1-34-11-12-35-13-14-36-15-16-37-17-18-38-24-6-5-22-19-25-30(33)8-7-23(32)28-29(30,26(22)27(24)39-28)9-10-31(25)20-21-3-2-4-21/h5-6,21,23,25,28,32-33H,2-4,7-20H2,1H3/t23-,25?,28-,29-,30+/m0/s1. The molecule has 0 amide bonds. The van der Waals surface area contributed by atoms with E-state index in [0.717, 1.165) is 43.2 Å². The Labute approximate surface area is 231 Å². The molecular formula is C30H45NO8. The summed E-state index contributed by atoms with van der Waals surface area (Å²) in [6.07, 6.45) is 5.71. The molecule has 5 atom stereocenters. The molecule has 6 rings (SSSR count). The first-order chi connectivity index (χ1) is 19.1. The number of hydrogen-bond donors (Lipinski definition) is 2. The largest absolute Gasteiger partial charge is 0.487 e. The van der Waals surface area contributed by atoms with Crippen LogP contribution in [0.15, 0.2) is 12.1 Å². The van der Waals surface area contributed by atoms with Gasteiger partial charge in [0, 0.05) is 25.3 Å². The molecule has 3 fully saturated rings. The summed E-state index contributed by atoms with van der Waals surface area (Å²) in [6.45, 7) is 6.05. The van der Waals surface area contributed by atoms with Gasteiger partial charge in [0.2, 0.25) is 0 Å². The molecule has 0 aromatic heterocycles. The summed E-state index contributed by atoms with van der Waals surface area (Å²) < 4.78 is 34.2. The highest BCUT2D eigenvalue weighted by molar-refractivity contribution is 5.63. The number of aliphatic hydroxyl groups is 2. The second kappa shape index (κ2) is 11.8. The first kappa shape index (κ1) is 27.7. The monoisotopic (exact) mass is 547 g/mol. The van der Waals surface area contributed by atoms with Gasteiger partial charge in [-0.1, -0.05) is 12.5 Å². The number of methoxy groups -OCH3 is 1. The highest BCUT2D eigenvalue weighted by Crippen LogP contribution is 2.65. The maximum Gasteiger partial charge on any atom is 0.166 e. The Morgan fingerprint density at radius 2 is 1.67 bits per heavy atom. The molecule has 2 heterocycles. The molecule has 3 aliphatic carbocycles. The van der Waals surface area contributed by atoms with Gasteiger partial charge in [0.05, 0.1) is 63.4 Å². The number of piperidine rings is 1. The summed E-state index contributed by atoms with van der Waals surface area (Å²) in [7, 11) is 1.65. The van der Waals surface area contributed by atoms with Crippen molar-refractivity contribution in [3.63, 3.8) is 0 Å². The number of aliphatic hydroxyl groups excluding tert-OH is 1. The number of benzene rings is 1. The van der Waals surface area contributed by atoms with E-state index < -0.39 is 23.2 Å². The van der Waals surface area contributed by atoms with Crippen molar-refractivity contribution in [3.05, 3.63) is 23.3 Å². The van der Waals surface area contributed by atoms with E-state index in [4.69, 9.17) is 28.4 Å². The molecule has 1 aromatic rings. The Kier molecular flexibility index (Phi) is 8.38. The minimum absolute atomic E-state index is 0.0724. The molecule has 2 aliphatic heterocycles. The van der Waals surface area contributed by atoms with Crippen molar-refractivity contribution in [2.45, 2.75) is 74.2 Å². The van der Waals surface area contributed by atoms with Crippen molar-refractivity contribution in [2.75, 3.05) is 73.1 Å². The molecular weight excluding hydrogens is 502 g/mol. The van der Waals surface area contributed by atoms with Gasteiger partial charge in [-0.2, -0.15) is 0 Å². The minimum Gasteiger partial charge on any atom is -0.487 e. The zero-order chi connectivity index (χ0) is 26.9. The third-order valence-corrected chi connectivity index (χ3v) is 9.90. The maximum absolute atomic E-state index is 12.5. The molecule has 2 bridgehead atoms. The molecule has 2 saturated carbocycles. The predicted molar refractivity (Wildman–Crippen MR) is 144 cm³/mol. The van der Waals surface area contributed by atoms with Crippen LogP contribution in [0.25, 0.3) is 0 Å². The zero-order valence-corrected chi connectivity index (χ0v) is 23.3. The summed E-state index contributed by atoms with van der Waals surface area (Å²) in [4.78, 5) is 2.56. The number of nitrogens with zero attached hydrogens (tertiary/aromatic N) is 1. The van der Waals surface area contributed by atoms with Crippen LogP contribution in [0, 0.1) is 5.92 Å². The van der Waals surface area contributed by atoms with Crippen molar-refractivity contribution in [2.24, 2.45) is 5.92 Å². The second-order valence-electron chi connectivity index (χ2n) is 11.9. The van der Waals surface area contributed by atoms with Gasteiger partial charge in [-0.3, -0.25) is 4.90 Å². The summed E-state index contributed by atoms with van der Waals surface area (Å²) >= 11 is 0. The predicted octanol–water partition coefficient (Wildman–Crippen LogP) is 2.08. The molecule has 5 aliphatic rings. The molecule has 1 unspecified atom stereocenters. The van der Waals surface area contributed by atoms with Gasteiger partial charge >= 0.3 is 0 Å². The van der Waals surface area contributed by atoms with Crippen LogP contribution in [0.3, 0.4) is 0 Å². The Hall–Kier alpha value is -1.46. The van der Waals surface area contributed by atoms with Crippen LogP contribution in [-0.4, -0.2) is 112 Å². The van der Waals surface area contributed by atoms with Gasteiger partial charge in [-0.15, -0.1) is 0 Å². The lowest BCUT2D eigenvalue weighted by Gasteiger charge is -2.64. The molecule has 9 nitrogen and oxygen atoms in total. The number of hydrogen-bond acceptors (Lipinski definition) is 9. The third-order valence-electron chi connectivity index (χ3n) is 9.90. The highest BCUT2D eigenvalue weighted by atomic mass is 16.6. The number of ether oxygens (including phenoxy) is 6. The first-order valence-corrected chi connectivity index (χ1v) is 14.9. The summed E-state index contributed by atoms with van der Waals surface area (Å²) in [5.74, 6) is 2.16. The van der Waals surface area contributed by atoms with Gasteiger partial charge in [0.1, 0.15) is 12.7 Å². The fourth-order valence-electron chi connectivity index (χ4n) is 7.83. The Morgan fingerprint density at radius 1 is 0.949 bits per heavy atom. The summed E-state index contributed by atoms with van der Waals surface area (Å²) in [6, 6.07) is 4.23. The lowest BCUT2D eigenvalue weighted by atomic mass is 9.48. The molecule has 2 N–H and O–H groups in total. The fourth-order valence-corrected chi connectivity index (χ4v) is 7.83. The van der Waals surface area contributed by atoms with Gasteiger partial charge in [-0.05, 0) is 62.6 Å². The Morgan fingerprint density at radius 3 is 2.36 bits per heavy atom. The van der Waals surface area contributed by atoms with Gasteiger partial charge in [0.25, 0.3) is 0 Å². The van der Waals surface area contributed by atoms with Crippen molar-refractivity contribution < 1.29 is 38.6 Å². The van der Waals surface area contributed by atoms with Crippen LogP contribution in [0.4, 0.5) is 0 Å². The number of rotatable bonds is 15. The third kappa shape index (κ3) is 4.88. The van der Waals surface area contributed by atoms with Crippen LogP contribution in [0.2, 0.25) is 0 Å². The van der Waals surface area contributed by atoms with E-state index in [9.17, 15) is 10.2 Å². The summed E-state index contributed by atoms with van der Waals surface area (Å²) in [5.41, 5.74) is 0.858. The van der Waals surface area contributed by atoms with Crippen molar-refractivity contribution >= 4 is 0 Å². The molecule has 218 valence electrons. The Balaban J connectivity index is 1.08. The maximum atomic E-state index is 12.5. The van der Waals surface area contributed by atoms with Gasteiger partial charge < -0.3 is 38.6 Å². The summed E-state index contributed by atoms with van der Waals surface area (Å²) in [5, 5.41) is 23.6. The van der Waals surface area contributed by atoms with Crippen LogP contribution < -0.4 is 9.47 Å². The SMILES string of the molecule is COCCOCCOCCOCCOc1ccc2c3c1O[C@H]1[C@@H](O)CC[C@@]4(O)C(C2)N(CC2CCC2)CC[C@]314. The first-order valence-electron chi connectivity index (χ1n) is 14.9. The van der Waals surface area contributed by atoms with Crippen LogP contribution in [-0.2, 0) is 30.8 Å². The normalized spacial score (nSPS) is 32.9. The minimum atomic E-state index is -0.895. The fraction of sp³-hybridized carbons (Fsp3) is 0.800. The molecule has 39 heavy (non-hydrogen) atoms. The number of likely N-dealkylation sites (tertiary alicyclic amines) is 1. The lowest BCUT2D eigenvalue weighted by molar-refractivity contribution is -0.209. The van der Waals surface area contributed by atoms with E-state index in [-0.39, 0.29) is 6.04 Å². The van der Waals surface area contributed by atoms with E-state index in [2.05, 4.69) is 11.0 Å². The Bertz CT molecular complexity index is 988. The van der Waals surface area contributed by atoms with Gasteiger partial charge in [-0.25, -0.2) is 0 Å². The van der Waals surface area contributed by atoms with E-state index >= 15 is 0 Å². The van der Waals surface area contributed by atoms with Gasteiger partial charge in [0.15, 0.2) is 11.5 Å². The quantitative estimate of drug-likeness (QED) is 0.320. The molecule has 9 heteroatoms. The smallest absolute Gasteiger partial charge is 0.166 e. The van der Waals surface area contributed by atoms with E-state index in [0.29, 0.717) is 71.4 Å². The average molecular weight is 548 g/mol. The van der Waals surface area contributed by atoms with E-state index in [1.165, 1.54) is 24.8 Å². The average Bonchev–Trinajstić information content (AvgIpc) is 3.26. The van der Waals surface area contributed by atoms with Crippen LogP contribution >= 0.6 is 0 Å². The zero-order valence-electron chi connectivity index (χ0n) is 23.3. The molecule has 1 saturated heterocycles.